The molecule has 1 aromatic heterocycles. The van der Waals surface area contributed by atoms with E-state index in [-0.39, 0.29) is 11.5 Å². The van der Waals surface area contributed by atoms with Gasteiger partial charge in [0, 0.05) is 31.1 Å². The molecule has 1 N–H and O–H groups in total. The third-order valence-corrected chi connectivity index (χ3v) is 4.74. The first kappa shape index (κ1) is 17.3. The van der Waals surface area contributed by atoms with E-state index in [1.165, 1.54) is 4.88 Å². The Morgan fingerprint density at radius 3 is 2.91 bits per heavy atom. The first-order valence-corrected chi connectivity index (χ1v) is 8.86. The van der Waals surface area contributed by atoms with Gasteiger partial charge in [-0.15, -0.1) is 11.3 Å². The molecule has 2 heterocycles. The minimum atomic E-state index is -0.428. The highest BCUT2D eigenvalue weighted by Gasteiger charge is 2.34. The first-order valence-electron chi connectivity index (χ1n) is 7.98. The molecule has 1 saturated heterocycles. The van der Waals surface area contributed by atoms with Crippen molar-refractivity contribution in [2.45, 2.75) is 52.7 Å². The van der Waals surface area contributed by atoms with Crippen molar-refractivity contribution in [3.8, 4) is 0 Å². The van der Waals surface area contributed by atoms with Gasteiger partial charge in [-0.3, -0.25) is 0 Å². The van der Waals surface area contributed by atoms with Gasteiger partial charge in [0.15, 0.2) is 0 Å². The van der Waals surface area contributed by atoms with Crippen molar-refractivity contribution < 1.29 is 9.53 Å². The molecule has 1 aliphatic heterocycles. The molecular weight excluding hydrogens is 296 g/mol. The van der Waals surface area contributed by atoms with E-state index in [0.29, 0.717) is 0 Å². The normalized spacial score (nSPS) is 22.6. The smallest absolute Gasteiger partial charge is 0.410 e. The van der Waals surface area contributed by atoms with Crippen molar-refractivity contribution in [3.63, 3.8) is 0 Å². The molecule has 2 rings (SSSR count). The molecular formula is C17H28N2O2S. The fraction of sp³-hybridized carbons (Fsp3) is 0.706. The molecule has 0 spiro atoms. The number of nitrogens with one attached hydrogen (secondary N) is 1. The molecule has 1 aliphatic rings. The fourth-order valence-electron chi connectivity index (χ4n) is 2.84. The molecule has 4 nitrogen and oxygen atoms in total. The number of likely N-dealkylation sites (tertiary alicyclic amines) is 1. The summed E-state index contributed by atoms with van der Waals surface area (Å²) in [5.74, 6) is 0. The van der Waals surface area contributed by atoms with E-state index in [2.05, 4.69) is 29.8 Å². The van der Waals surface area contributed by atoms with Crippen molar-refractivity contribution in [3.05, 3.63) is 22.4 Å². The number of carbonyl (C=O) groups excluding carboxylic acids is 1. The molecule has 5 heteroatoms. The zero-order valence-electron chi connectivity index (χ0n) is 14.1. The number of ether oxygens (including phenoxy) is 1. The fourth-order valence-corrected chi connectivity index (χ4v) is 3.52. The summed E-state index contributed by atoms with van der Waals surface area (Å²) < 4.78 is 5.50. The summed E-state index contributed by atoms with van der Waals surface area (Å²) in [4.78, 5) is 15.5. The Hall–Kier alpha value is -1.07. The molecule has 0 aromatic carbocycles. The number of thiophene rings is 1. The average Bonchev–Trinajstić information content (AvgIpc) is 2.90. The van der Waals surface area contributed by atoms with Crippen LogP contribution in [0.25, 0.3) is 0 Å². The highest BCUT2D eigenvalue weighted by atomic mass is 32.1. The van der Waals surface area contributed by atoms with Crippen LogP contribution in [0.1, 0.15) is 45.4 Å². The SMILES string of the molecule is CC1(CNCc2cccs2)CCCN(C(=O)OC(C)(C)C)C1. The maximum Gasteiger partial charge on any atom is 0.410 e. The van der Waals surface area contributed by atoms with Crippen molar-refractivity contribution >= 4 is 17.4 Å². The largest absolute Gasteiger partial charge is 0.444 e. The lowest BCUT2D eigenvalue weighted by Gasteiger charge is -2.41. The third kappa shape index (κ3) is 5.29. The molecule has 0 bridgehead atoms. The van der Waals surface area contributed by atoms with Gasteiger partial charge in [0.05, 0.1) is 0 Å². The van der Waals surface area contributed by atoms with E-state index < -0.39 is 5.60 Å². The van der Waals surface area contributed by atoms with Gasteiger partial charge in [-0.05, 0) is 50.5 Å². The lowest BCUT2D eigenvalue weighted by Crippen LogP contribution is -2.50. The summed E-state index contributed by atoms with van der Waals surface area (Å²) >= 11 is 1.77. The predicted octanol–water partition coefficient (Wildman–Crippen LogP) is 3.87. The number of hydrogen-bond donors (Lipinski definition) is 1. The molecule has 1 aromatic rings. The van der Waals surface area contributed by atoms with Gasteiger partial charge < -0.3 is 15.0 Å². The van der Waals surface area contributed by atoms with Crippen LogP contribution in [0, 0.1) is 5.41 Å². The summed E-state index contributed by atoms with van der Waals surface area (Å²) in [7, 11) is 0. The molecule has 1 fully saturated rings. The first-order chi connectivity index (χ1) is 10.3. The number of hydrogen-bond acceptors (Lipinski definition) is 4. The number of amides is 1. The second-order valence-electron chi connectivity index (χ2n) is 7.50. The lowest BCUT2D eigenvalue weighted by molar-refractivity contribution is 0.00676. The second-order valence-corrected chi connectivity index (χ2v) is 8.53. The van der Waals surface area contributed by atoms with Gasteiger partial charge >= 0.3 is 6.09 Å². The van der Waals surface area contributed by atoms with Crippen LogP contribution in [-0.2, 0) is 11.3 Å². The zero-order valence-corrected chi connectivity index (χ0v) is 15.0. The zero-order chi connectivity index (χ0) is 16.2. The van der Waals surface area contributed by atoms with E-state index in [1.807, 2.05) is 25.7 Å². The maximum absolute atomic E-state index is 12.2. The van der Waals surface area contributed by atoms with Crippen molar-refractivity contribution in [2.75, 3.05) is 19.6 Å². The third-order valence-electron chi connectivity index (χ3n) is 3.86. The van der Waals surface area contributed by atoms with Gasteiger partial charge in [-0.25, -0.2) is 4.79 Å². The predicted molar refractivity (Wildman–Crippen MR) is 91.2 cm³/mol. The molecule has 22 heavy (non-hydrogen) atoms. The Morgan fingerprint density at radius 2 is 2.27 bits per heavy atom. The quantitative estimate of drug-likeness (QED) is 0.914. The highest BCUT2D eigenvalue weighted by Crippen LogP contribution is 2.29. The van der Waals surface area contributed by atoms with Gasteiger partial charge in [0.25, 0.3) is 0 Å². The monoisotopic (exact) mass is 324 g/mol. The van der Waals surface area contributed by atoms with E-state index in [9.17, 15) is 4.79 Å². The van der Waals surface area contributed by atoms with Crippen molar-refractivity contribution in [1.29, 1.82) is 0 Å². The van der Waals surface area contributed by atoms with Gasteiger partial charge in [-0.1, -0.05) is 13.0 Å². The van der Waals surface area contributed by atoms with Crippen molar-refractivity contribution in [2.24, 2.45) is 5.41 Å². The summed E-state index contributed by atoms with van der Waals surface area (Å²) in [6.45, 7) is 11.4. The Bertz CT molecular complexity index is 481. The molecule has 124 valence electrons. The van der Waals surface area contributed by atoms with Crippen LogP contribution in [0.2, 0.25) is 0 Å². The van der Waals surface area contributed by atoms with Crippen LogP contribution < -0.4 is 5.32 Å². The number of piperidine rings is 1. The van der Waals surface area contributed by atoms with E-state index >= 15 is 0 Å². The Morgan fingerprint density at radius 1 is 1.50 bits per heavy atom. The Labute approximate surface area is 137 Å². The Kier molecular flexibility index (Phi) is 5.50. The van der Waals surface area contributed by atoms with Crippen LogP contribution in [0.15, 0.2) is 17.5 Å². The van der Waals surface area contributed by atoms with Gasteiger partial charge in [-0.2, -0.15) is 0 Å². The average molecular weight is 324 g/mol. The molecule has 1 unspecified atom stereocenters. The van der Waals surface area contributed by atoms with Crippen LogP contribution in [0.3, 0.4) is 0 Å². The van der Waals surface area contributed by atoms with Crippen molar-refractivity contribution in [1.82, 2.24) is 10.2 Å². The maximum atomic E-state index is 12.2. The molecule has 0 saturated carbocycles. The molecule has 0 aliphatic carbocycles. The van der Waals surface area contributed by atoms with Gasteiger partial charge in [0.2, 0.25) is 0 Å². The minimum absolute atomic E-state index is 0.117. The summed E-state index contributed by atoms with van der Waals surface area (Å²) in [6, 6.07) is 4.22. The van der Waals surface area contributed by atoms with Gasteiger partial charge in [0.1, 0.15) is 5.60 Å². The summed E-state index contributed by atoms with van der Waals surface area (Å²) in [6.07, 6.45) is 2.00. The van der Waals surface area contributed by atoms with Crippen LogP contribution in [-0.4, -0.2) is 36.2 Å². The molecule has 1 atom stereocenters. The molecule has 1 amide bonds. The van der Waals surface area contributed by atoms with Crippen LogP contribution in [0.4, 0.5) is 4.79 Å². The summed E-state index contributed by atoms with van der Waals surface area (Å²) in [5, 5.41) is 5.64. The summed E-state index contributed by atoms with van der Waals surface area (Å²) in [5.41, 5.74) is -0.311. The van der Waals surface area contributed by atoms with E-state index in [4.69, 9.17) is 4.74 Å². The number of nitrogens with zero attached hydrogens (tertiary/aromatic N) is 1. The topological polar surface area (TPSA) is 41.6 Å². The number of rotatable bonds is 4. The van der Waals surface area contributed by atoms with E-state index in [0.717, 1.165) is 39.0 Å². The molecule has 0 radical (unpaired) electrons. The minimum Gasteiger partial charge on any atom is -0.444 e. The standard InChI is InChI=1S/C17H28N2O2S/c1-16(2,3)21-15(20)19-9-6-8-17(4,13-19)12-18-11-14-7-5-10-22-14/h5,7,10,18H,6,8-9,11-13H2,1-4H3. The van der Waals surface area contributed by atoms with E-state index in [1.54, 1.807) is 11.3 Å². The van der Waals surface area contributed by atoms with Crippen LogP contribution >= 0.6 is 11.3 Å². The second kappa shape index (κ2) is 7.01. The Balaban J connectivity index is 1.84. The lowest BCUT2D eigenvalue weighted by atomic mass is 9.82. The highest BCUT2D eigenvalue weighted by molar-refractivity contribution is 7.09. The van der Waals surface area contributed by atoms with Crippen LogP contribution in [0.5, 0.6) is 0 Å². The number of carbonyl (C=O) groups is 1.